The third kappa shape index (κ3) is 4.48. The summed E-state index contributed by atoms with van der Waals surface area (Å²) in [5.74, 6) is 1.37. The molecule has 0 spiro atoms. The van der Waals surface area contributed by atoms with Crippen molar-refractivity contribution in [2.75, 3.05) is 28.6 Å². The highest BCUT2D eigenvalue weighted by molar-refractivity contribution is 9.11. The highest BCUT2D eigenvalue weighted by atomic mass is 79.9. The van der Waals surface area contributed by atoms with Crippen LogP contribution in [-0.4, -0.2) is 33.9 Å². The van der Waals surface area contributed by atoms with Gasteiger partial charge in [-0.3, -0.25) is 4.79 Å². The molecular formula is C19H19BrN6OS. The second-order valence-corrected chi connectivity index (χ2v) is 8.83. The number of benzene rings is 1. The zero-order valence-corrected chi connectivity index (χ0v) is 17.7. The molecule has 1 aliphatic rings. The maximum Gasteiger partial charge on any atom is 0.267 e. The fourth-order valence-electron chi connectivity index (χ4n) is 3.01. The minimum atomic E-state index is -0.175. The quantitative estimate of drug-likeness (QED) is 0.581. The van der Waals surface area contributed by atoms with Gasteiger partial charge in [-0.1, -0.05) is 0 Å². The Labute approximate surface area is 175 Å². The number of hydrogen-bond donors (Lipinski definition) is 2. The fourth-order valence-corrected chi connectivity index (χ4v) is 4.17. The van der Waals surface area contributed by atoms with Crippen molar-refractivity contribution >= 4 is 56.3 Å². The topological polar surface area (TPSA) is 83.0 Å². The van der Waals surface area contributed by atoms with Crippen LogP contribution < -0.4 is 15.5 Å². The molecule has 4 rings (SSSR count). The summed E-state index contributed by atoms with van der Waals surface area (Å²) < 4.78 is 0.686. The lowest BCUT2D eigenvalue weighted by Gasteiger charge is -2.17. The van der Waals surface area contributed by atoms with E-state index in [0.29, 0.717) is 8.79 Å². The van der Waals surface area contributed by atoms with Gasteiger partial charge in [-0.25, -0.2) is 9.97 Å². The molecule has 1 aliphatic heterocycles. The Morgan fingerprint density at radius 3 is 2.54 bits per heavy atom. The van der Waals surface area contributed by atoms with Crippen LogP contribution in [0.25, 0.3) is 0 Å². The maximum absolute atomic E-state index is 12.2. The molecule has 1 saturated heterocycles. The average molecular weight is 459 g/mol. The lowest BCUT2D eigenvalue weighted by atomic mass is 10.2. The van der Waals surface area contributed by atoms with E-state index < -0.39 is 0 Å². The maximum atomic E-state index is 12.2. The van der Waals surface area contributed by atoms with E-state index in [1.807, 2.05) is 37.3 Å². The van der Waals surface area contributed by atoms with Crippen LogP contribution >= 0.6 is 27.3 Å². The predicted octanol–water partition coefficient (Wildman–Crippen LogP) is 4.60. The summed E-state index contributed by atoms with van der Waals surface area (Å²) in [5, 5.41) is 6.19. The van der Waals surface area contributed by atoms with Crippen molar-refractivity contribution in [1.82, 2.24) is 15.0 Å². The number of halogens is 1. The van der Waals surface area contributed by atoms with Crippen LogP contribution in [0.15, 0.2) is 40.4 Å². The van der Waals surface area contributed by atoms with Crippen LogP contribution in [0, 0.1) is 6.92 Å². The number of thiazole rings is 1. The molecule has 0 atom stereocenters. The summed E-state index contributed by atoms with van der Waals surface area (Å²) in [4.78, 5) is 28.2. The Bertz CT molecular complexity index is 984. The first-order valence-corrected chi connectivity index (χ1v) is 10.6. The third-order valence-electron chi connectivity index (χ3n) is 4.35. The van der Waals surface area contributed by atoms with Gasteiger partial charge in [-0.15, -0.1) is 11.3 Å². The number of anilines is 4. The fraction of sp³-hybridized carbons (Fsp3) is 0.263. The monoisotopic (exact) mass is 458 g/mol. The van der Waals surface area contributed by atoms with Crippen LogP contribution in [-0.2, 0) is 0 Å². The van der Waals surface area contributed by atoms with E-state index in [1.165, 1.54) is 24.2 Å². The summed E-state index contributed by atoms with van der Waals surface area (Å²) in [6.07, 6.45) is 3.92. The zero-order valence-electron chi connectivity index (χ0n) is 15.3. The van der Waals surface area contributed by atoms with E-state index >= 15 is 0 Å². The number of rotatable bonds is 5. The van der Waals surface area contributed by atoms with E-state index in [0.717, 1.165) is 41.9 Å². The van der Waals surface area contributed by atoms with Gasteiger partial charge in [0.15, 0.2) is 3.92 Å². The van der Waals surface area contributed by atoms with Gasteiger partial charge < -0.3 is 15.5 Å². The number of aromatic nitrogens is 3. The standard InChI is InChI=1S/C19H19BrN6OS/c1-12-10-16(25-19(22-12)26-8-2-3-9-26)23-13-4-6-14(7-5-13)24-17(27)15-11-21-18(20)28-15/h4-7,10-11H,2-3,8-9H2,1H3,(H,24,27)(H,22,23,25). The van der Waals surface area contributed by atoms with Crippen molar-refractivity contribution < 1.29 is 4.79 Å². The van der Waals surface area contributed by atoms with Gasteiger partial charge in [0, 0.05) is 36.2 Å². The lowest BCUT2D eigenvalue weighted by Crippen LogP contribution is -2.21. The summed E-state index contributed by atoms with van der Waals surface area (Å²) in [6.45, 7) is 3.99. The molecule has 2 N–H and O–H groups in total. The van der Waals surface area contributed by atoms with Crippen LogP contribution in [0.2, 0.25) is 0 Å². The zero-order chi connectivity index (χ0) is 19.5. The SMILES string of the molecule is Cc1cc(Nc2ccc(NC(=O)c3cnc(Br)s3)cc2)nc(N2CCCC2)n1. The molecule has 3 heterocycles. The van der Waals surface area contributed by atoms with Crippen molar-refractivity contribution in [3.63, 3.8) is 0 Å². The van der Waals surface area contributed by atoms with Gasteiger partial charge in [0.1, 0.15) is 10.7 Å². The smallest absolute Gasteiger partial charge is 0.267 e. The second kappa shape index (κ2) is 8.24. The molecule has 9 heteroatoms. The molecule has 1 aromatic carbocycles. The first-order valence-electron chi connectivity index (χ1n) is 8.97. The molecule has 0 radical (unpaired) electrons. The van der Waals surface area contributed by atoms with Crippen molar-refractivity contribution in [2.45, 2.75) is 19.8 Å². The Morgan fingerprint density at radius 2 is 1.86 bits per heavy atom. The Hall–Kier alpha value is -2.52. The second-order valence-electron chi connectivity index (χ2n) is 6.52. The molecular weight excluding hydrogens is 440 g/mol. The van der Waals surface area contributed by atoms with Gasteiger partial charge in [0.05, 0.1) is 6.20 Å². The number of hydrogen-bond acceptors (Lipinski definition) is 7. The number of nitrogens with zero attached hydrogens (tertiary/aromatic N) is 4. The molecule has 7 nitrogen and oxygen atoms in total. The number of aryl methyl sites for hydroxylation is 1. The molecule has 28 heavy (non-hydrogen) atoms. The minimum absolute atomic E-state index is 0.175. The number of carbonyl (C=O) groups excluding carboxylic acids is 1. The van der Waals surface area contributed by atoms with Crippen LogP contribution in [0.5, 0.6) is 0 Å². The van der Waals surface area contributed by atoms with Gasteiger partial charge in [0.25, 0.3) is 5.91 Å². The van der Waals surface area contributed by atoms with Crippen molar-refractivity contribution in [2.24, 2.45) is 0 Å². The van der Waals surface area contributed by atoms with Crippen molar-refractivity contribution in [3.05, 3.63) is 51.0 Å². The van der Waals surface area contributed by atoms with Crippen LogP contribution in [0.1, 0.15) is 28.2 Å². The van der Waals surface area contributed by atoms with Gasteiger partial charge in [-0.2, -0.15) is 4.98 Å². The summed E-state index contributed by atoms with van der Waals surface area (Å²) in [6, 6.07) is 9.45. The average Bonchev–Trinajstić information content (AvgIpc) is 3.35. The first kappa shape index (κ1) is 18.8. The lowest BCUT2D eigenvalue weighted by molar-refractivity contribution is 0.103. The van der Waals surface area contributed by atoms with Gasteiger partial charge >= 0.3 is 0 Å². The van der Waals surface area contributed by atoms with Crippen molar-refractivity contribution in [3.8, 4) is 0 Å². The Morgan fingerprint density at radius 1 is 1.14 bits per heavy atom. The normalized spacial score (nSPS) is 13.6. The van der Waals surface area contributed by atoms with Crippen LogP contribution in [0.3, 0.4) is 0 Å². The molecule has 0 saturated carbocycles. The summed E-state index contributed by atoms with van der Waals surface area (Å²) >= 11 is 4.56. The molecule has 3 aromatic rings. The summed E-state index contributed by atoms with van der Waals surface area (Å²) in [7, 11) is 0. The molecule has 2 aromatic heterocycles. The largest absolute Gasteiger partial charge is 0.341 e. The number of amides is 1. The van der Waals surface area contributed by atoms with E-state index in [-0.39, 0.29) is 5.91 Å². The summed E-state index contributed by atoms with van der Waals surface area (Å²) in [5.41, 5.74) is 2.54. The molecule has 144 valence electrons. The number of nitrogens with one attached hydrogen (secondary N) is 2. The van der Waals surface area contributed by atoms with E-state index in [4.69, 9.17) is 0 Å². The third-order valence-corrected chi connectivity index (χ3v) is 5.82. The highest BCUT2D eigenvalue weighted by Crippen LogP contribution is 2.23. The van der Waals surface area contributed by atoms with Gasteiger partial charge in [-0.05, 0) is 60.0 Å². The van der Waals surface area contributed by atoms with E-state index in [2.05, 4.69) is 46.4 Å². The number of carbonyl (C=O) groups is 1. The van der Waals surface area contributed by atoms with E-state index in [9.17, 15) is 4.79 Å². The van der Waals surface area contributed by atoms with E-state index in [1.54, 1.807) is 6.20 Å². The Kier molecular flexibility index (Phi) is 5.54. The van der Waals surface area contributed by atoms with Crippen molar-refractivity contribution in [1.29, 1.82) is 0 Å². The first-order chi connectivity index (χ1) is 13.6. The molecule has 0 unspecified atom stereocenters. The minimum Gasteiger partial charge on any atom is -0.341 e. The molecule has 0 bridgehead atoms. The van der Waals surface area contributed by atoms with Gasteiger partial charge in [0.2, 0.25) is 5.95 Å². The highest BCUT2D eigenvalue weighted by Gasteiger charge is 2.16. The van der Waals surface area contributed by atoms with Crippen LogP contribution in [0.4, 0.5) is 23.1 Å². The predicted molar refractivity (Wildman–Crippen MR) is 116 cm³/mol. The Balaban J connectivity index is 1.43. The molecule has 1 amide bonds. The molecule has 1 fully saturated rings. The molecule has 0 aliphatic carbocycles.